The number of ether oxygens (including phenoxy) is 1. The van der Waals surface area contributed by atoms with Crippen molar-refractivity contribution >= 4 is 35.9 Å². The Morgan fingerprint density at radius 1 is 1.04 bits per heavy atom. The van der Waals surface area contributed by atoms with Gasteiger partial charge in [0.2, 0.25) is 5.91 Å². The van der Waals surface area contributed by atoms with E-state index in [1.54, 1.807) is 31.3 Å². The molecule has 0 heterocycles. The molecule has 0 spiro atoms. The molecule has 1 rings (SSSR count). The van der Waals surface area contributed by atoms with Crippen molar-refractivity contribution in [1.82, 2.24) is 10.6 Å². The molecule has 0 radical (unpaired) electrons. The van der Waals surface area contributed by atoms with Crippen LogP contribution in [-0.2, 0) is 14.3 Å². The summed E-state index contributed by atoms with van der Waals surface area (Å²) in [6.07, 6.45) is 0.508. The maximum absolute atomic E-state index is 11.8. The van der Waals surface area contributed by atoms with Gasteiger partial charge >= 0.3 is 5.97 Å². The number of esters is 1. The van der Waals surface area contributed by atoms with Crippen LogP contribution in [-0.4, -0.2) is 45.0 Å². The van der Waals surface area contributed by atoms with Crippen LogP contribution < -0.4 is 16.0 Å². The molecule has 2 amide bonds. The van der Waals surface area contributed by atoms with E-state index in [4.69, 9.17) is 0 Å². The zero-order valence-corrected chi connectivity index (χ0v) is 14.0. The van der Waals surface area contributed by atoms with E-state index < -0.39 is 0 Å². The van der Waals surface area contributed by atoms with Gasteiger partial charge < -0.3 is 20.7 Å². The van der Waals surface area contributed by atoms with Gasteiger partial charge in [0.25, 0.3) is 5.91 Å². The number of rotatable bonds is 8. The number of anilines is 1. The van der Waals surface area contributed by atoms with Crippen LogP contribution in [0.3, 0.4) is 0 Å². The van der Waals surface area contributed by atoms with Crippen LogP contribution in [0.2, 0.25) is 0 Å². The fourth-order valence-corrected chi connectivity index (χ4v) is 1.65. The number of hydrogen-bond acceptors (Lipinski definition) is 5. The number of amides is 2. The first-order valence-electron chi connectivity index (χ1n) is 6.96. The van der Waals surface area contributed by atoms with Crippen molar-refractivity contribution in [3.63, 3.8) is 0 Å². The van der Waals surface area contributed by atoms with Gasteiger partial charge in [-0.25, -0.2) is 0 Å². The van der Waals surface area contributed by atoms with Gasteiger partial charge in [-0.15, -0.1) is 12.4 Å². The monoisotopic (exact) mass is 343 g/mol. The number of carbonyl (C=O) groups excluding carboxylic acids is 3. The van der Waals surface area contributed by atoms with Gasteiger partial charge in [0.1, 0.15) is 0 Å². The zero-order chi connectivity index (χ0) is 16.4. The summed E-state index contributed by atoms with van der Waals surface area (Å²) in [7, 11) is 3.08. The molecule has 0 saturated heterocycles. The molecule has 0 atom stereocenters. The fourth-order valence-electron chi connectivity index (χ4n) is 1.65. The average molecular weight is 344 g/mol. The van der Waals surface area contributed by atoms with Crippen LogP contribution in [0.5, 0.6) is 0 Å². The molecule has 0 saturated carbocycles. The quantitative estimate of drug-likeness (QED) is 0.611. The van der Waals surface area contributed by atoms with E-state index >= 15 is 0 Å². The highest BCUT2D eigenvalue weighted by atomic mass is 35.5. The second kappa shape index (κ2) is 11.4. The van der Waals surface area contributed by atoms with Crippen LogP contribution in [0, 0.1) is 0 Å². The predicted molar refractivity (Wildman–Crippen MR) is 89.8 cm³/mol. The maximum Gasteiger partial charge on any atom is 0.307 e. The van der Waals surface area contributed by atoms with E-state index in [9.17, 15) is 14.4 Å². The highest BCUT2D eigenvalue weighted by Gasteiger charge is 2.07. The minimum Gasteiger partial charge on any atom is -0.469 e. The van der Waals surface area contributed by atoms with Crippen molar-refractivity contribution in [1.29, 1.82) is 0 Å². The topological polar surface area (TPSA) is 96.5 Å². The first-order valence-corrected chi connectivity index (χ1v) is 6.96. The zero-order valence-electron chi connectivity index (χ0n) is 13.2. The van der Waals surface area contributed by atoms with Crippen LogP contribution in [0.25, 0.3) is 0 Å². The lowest BCUT2D eigenvalue weighted by atomic mass is 10.2. The van der Waals surface area contributed by atoms with Crippen molar-refractivity contribution < 1.29 is 19.1 Å². The summed E-state index contributed by atoms with van der Waals surface area (Å²) >= 11 is 0. The van der Waals surface area contributed by atoms with Crippen LogP contribution in [0.4, 0.5) is 5.69 Å². The van der Waals surface area contributed by atoms with Gasteiger partial charge in [-0.2, -0.15) is 0 Å². The molecular formula is C15H22ClN3O4. The Labute approximate surface area is 141 Å². The molecule has 8 heteroatoms. The number of methoxy groups -OCH3 is 1. The van der Waals surface area contributed by atoms with Crippen LogP contribution in [0.15, 0.2) is 24.3 Å². The highest BCUT2D eigenvalue weighted by molar-refractivity contribution is 5.96. The summed E-state index contributed by atoms with van der Waals surface area (Å²) in [5.41, 5.74) is 1.09. The first-order chi connectivity index (χ1) is 10.6. The lowest BCUT2D eigenvalue weighted by Gasteiger charge is -2.07. The average Bonchev–Trinajstić information content (AvgIpc) is 2.53. The minimum absolute atomic E-state index is 0. The molecule has 0 bridgehead atoms. The molecule has 3 N–H and O–H groups in total. The van der Waals surface area contributed by atoms with Gasteiger partial charge in [0.05, 0.1) is 13.5 Å². The SMILES string of the molecule is CNCCC(=O)Nc1ccc(C(=O)NCCC(=O)OC)cc1.Cl. The summed E-state index contributed by atoms with van der Waals surface area (Å²) in [6.45, 7) is 0.820. The van der Waals surface area contributed by atoms with Gasteiger partial charge in [-0.05, 0) is 31.3 Å². The molecule has 0 fully saturated rings. The smallest absolute Gasteiger partial charge is 0.307 e. The summed E-state index contributed by atoms with van der Waals surface area (Å²) < 4.78 is 4.48. The Morgan fingerprint density at radius 3 is 2.26 bits per heavy atom. The van der Waals surface area contributed by atoms with E-state index in [2.05, 4.69) is 20.7 Å². The van der Waals surface area contributed by atoms with Crippen molar-refractivity contribution in [3.05, 3.63) is 29.8 Å². The van der Waals surface area contributed by atoms with Crippen LogP contribution >= 0.6 is 12.4 Å². The molecule has 0 unspecified atom stereocenters. The van der Waals surface area contributed by atoms with Crippen molar-refractivity contribution in [3.8, 4) is 0 Å². The fraction of sp³-hybridized carbons (Fsp3) is 0.400. The largest absolute Gasteiger partial charge is 0.469 e. The molecular weight excluding hydrogens is 322 g/mol. The third-order valence-corrected chi connectivity index (χ3v) is 2.88. The third-order valence-electron chi connectivity index (χ3n) is 2.88. The standard InChI is InChI=1S/C15H21N3O4.ClH/c1-16-9-7-13(19)18-12-5-3-11(4-6-12)15(21)17-10-8-14(20)22-2;/h3-6,16H,7-10H2,1-2H3,(H,17,21)(H,18,19);1H. The van der Waals surface area contributed by atoms with Crippen molar-refractivity contribution in [2.24, 2.45) is 0 Å². The minimum atomic E-state index is -0.375. The second-order valence-corrected chi connectivity index (χ2v) is 4.56. The lowest BCUT2D eigenvalue weighted by molar-refractivity contribution is -0.140. The lowest BCUT2D eigenvalue weighted by Crippen LogP contribution is -2.26. The van der Waals surface area contributed by atoms with Gasteiger partial charge in [-0.1, -0.05) is 0 Å². The molecule has 7 nitrogen and oxygen atoms in total. The number of benzene rings is 1. The van der Waals surface area contributed by atoms with Gasteiger partial charge in [-0.3, -0.25) is 14.4 Å². The van der Waals surface area contributed by atoms with Gasteiger partial charge in [0, 0.05) is 30.8 Å². The number of halogens is 1. The molecule has 0 aliphatic carbocycles. The van der Waals surface area contributed by atoms with E-state index in [1.807, 2.05) is 0 Å². The molecule has 0 aliphatic rings. The molecule has 23 heavy (non-hydrogen) atoms. The third kappa shape index (κ3) is 8.18. The van der Waals surface area contributed by atoms with Crippen molar-refractivity contribution in [2.45, 2.75) is 12.8 Å². The molecule has 1 aromatic carbocycles. The van der Waals surface area contributed by atoms with E-state index in [1.165, 1.54) is 7.11 Å². The Balaban J connectivity index is 0.00000484. The summed E-state index contributed by atoms with van der Waals surface area (Å²) in [5.74, 6) is -0.749. The number of carbonyl (C=O) groups is 3. The Kier molecular flexibility index (Phi) is 10.4. The molecule has 1 aromatic rings. The normalized spacial score (nSPS) is 9.48. The first kappa shape index (κ1) is 20.9. The molecule has 0 aliphatic heterocycles. The predicted octanol–water partition coefficient (Wildman–Crippen LogP) is 0.949. The summed E-state index contributed by atoms with van der Waals surface area (Å²) in [5, 5.41) is 8.25. The van der Waals surface area contributed by atoms with Crippen molar-refractivity contribution in [2.75, 3.05) is 32.6 Å². The maximum atomic E-state index is 11.8. The second-order valence-electron chi connectivity index (χ2n) is 4.56. The highest BCUT2D eigenvalue weighted by Crippen LogP contribution is 2.09. The summed E-state index contributed by atoms with van der Waals surface area (Å²) in [4.78, 5) is 34.3. The van der Waals surface area contributed by atoms with E-state index in [-0.39, 0.29) is 43.2 Å². The Morgan fingerprint density at radius 2 is 1.70 bits per heavy atom. The number of hydrogen-bond donors (Lipinski definition) is 3. The summed E-state index contributed by atoms with van der Waals surface area (Å²) in [6, 6.07) is 6.54. The molecule has 0 aromatic heterocycles. The Bertz CT molecular complexity index is 520. The Hall–Kier alpha value is -2.12. The van der Waals surface area contributed by atoms with Crippen LogP contribution in [0.1, 0.15) is 23.2 Å². The van der Waals surface area contributed by atoms with E-state index in [0.29, 0.717) is 24.2 Å². The number of nitrogens with one attached hydrogen (secondary N) is 3. The van der Waals surface area contributed by atoms with E-state index in [0.717, 1.165) is 0 Å². The van der Waals surface area contributed by atoms with Gasteiger partial charge in [0.15, 0.2) is 0 Å². The molecule has 128 valence electrons.